The van der Waals surface area contributed by atoms with Crippen molar-refractivity contribution in [1.29, 1.82) is 0 Å². The van der Waals surface area contributed by atoms with E-state index in [2.05, 4.69) is 20.6 Å². The summed E-state index contributed by atoms with van der Waals surface area (Å²) < 4.78 is 16.3. The number of nitrogens with one attached hydrogen (secondary N) is 2. The highest BCUT2D eigenvalue weighted by Gasteiger charge is 2.09. The zero-order valence-corrected chi connectivity index (χ0v) is 21.6. The number of carbonyl (C=O) groups excluding carboxylic acids is 1. The summed E-state index contributed by atoms with van der Waals surface area (Å²) in [6.45, 7) is 5.41. The molecule has 0 saturated heterocycles. The van der Waals surface area contributed by atoms with E-state index in [1.165, 1.54) is 6.07 Å². The molecule has 0 radical (unpaired) electrons. The van der Waals surface area contributed by atoms with Crippen molar-refractivity contribution in [3.63, 3.8) is 0 Å². The fourth-order valence-corrected chi connectivity index (χ4v) is 3.20. The molecule has 1 heterocycles. The lowest BCUT2D eigenvalue weighted by atomic mass is 10.1. The molecular formula is C24H30FIN6O. The van der Waals surface area contributed by atoms with Crippen LogP contribution in [0.15, 0.2) is 59.9 Å². The van der Waals surface area contributed by atoms with Gasteiger partial charge in [-0.3, -0.25) is 4.79 Å². The van der Waals surface area contributed by atoms with Crippen molar-refractivity contribution in [2.45, 2.75) is 26.9 Å². The monoisotopic (exact) mass is 564 g/mol. The van der Waals surface area contributed by atoms with E-state index in [0.29, 0.717) is 36.8 Å². The average molecular weight is 564 g/mol. The number of hydrogen-bond donors (Lipinski definition) is 2. The first-order valence-electron chi connectivity index (χ1n) is 10.5. The van der Waals surface area contributed by atoms with E-state index in [1.807, 2.05) is 44.2 Å². The van der Waals surface area contributed by atoms with Gasteiger partial charge in [-0.2, -0.15) is 0 Å². The fraction of sp³-hybridized carbons (Fsp3) is 0.292. The molecule has 0 aliphatic carbocycles. The Balaban J connectivity index is 0.00000385. The molecule has 1 amide bonds. The number of guanidine groups is 1. The molecule has 0 bridgehead atoms. The number of aliphatic imine (C=N–C) groups is 1. The van der Waals surface area contributed by atoms with Crippen molar-refractivity contribution >= 4 is 35.8 Å². The summed E-state index contributed by atoms with van der Waals surface area (Å²) in [7, 11) is 3.46. The van der Waals surface area contributed by atoms with Gasteiger partial charge in [0.15, 0.2) is 5.96 Å². The summed E-state index contributed by atoms with van der Waals surface area (Å²) in [6, 6.07) is 12.6. The fourth-order valence-electron chi connectivity index (χ4n) is 3.20. The third-order valence-corrected chi connectivity index (χ3v) is 4.93. The second-order valence-corrected chi connectivity index (χ2v) is 7.58. The van der Waals surface area contributed by atoms with Gasteiger partial charge in [0.1, 0.15) is 11.6 Å². The minimum absolute atomic E-state index is 0. The molecule has 0 saturated carbocycles. The normalized spacial score (nSPS) is 11.0. The van der Waals surface area contributed by atoms with Gasteiger partial charge < -0.3 is 20.1 Å². The first-order chi connectivity index (χ1) is 15.4. The van der Waals surface area contributed by atoms with E-state index in [4.69, 9.17) is 0 Å². The smallest absolute Gasteiger partial charge is 0.253 e. The van der Waals surface area contributed by atoms with Crippen LogP contribution in [0.25, 0.3) is 5.69 Å². The summed E-state index contributed by atoms with van der Waals surface area (Å²) in [5.74, 6) is 1.02. The molecule has 0 aliphatic heterocycles. The molecule has 2 N–H and O–H groups in total. The molecule has 0 spiro atoms. The summed E-state index contributed by atoms with van der Waals surface area (Å²) in [6.07, 6.45) is 3.39. The average Bonchev–Trinajstić information content (AvgIpc) is 3.21. The molecular weight excluding hydrogens is 534 g/mol. The molecule has 3 rings (SSSR count). The summed E-state index contributed by atoms with van der Waals surface area (Å²) in [5, 5.41) is 6.47. The topological polar surface area (TPSA) is 74.5 Å². The summed E-state index contributed by atoms with van der Waals surface area (Å²) >= 11 is 0. The van der Waals surface area contributed by atoms with Gasteiger partial charge in [-0.05, 0) is 49.2 Å². The standard InChI is InChI=1S/C24H29FN6O.HI/c1-5-26-24(28-15-18-6-9-20(10-7-18)23(32)30(3)4)29-16-19-8-11-22(21(25)14-19)31-13-12-27-17(31)2;/h6-14H,5,15-16H2,1-4H3,(H2,26,28,29);1H. The predicted molar refractivity (Wildman–Crippen MR) is 140 cm³/mol. The van der Waals surface area contributed by atoms with Crippen LogP contribution in [0.3, 0.4) is 0 Å². The highest BCUT2D eigenvalue weighted by molar-refractivity contribution is 14.0. The van der Waals surface area contributed by atoms with Crippen LogP contribution in [0.2, 0.25) is 0 Å². The molecule has 9 heteroatoms. The molecule has 0 atom stereocenters. The Labute approximate surface area is 211 Å². The van der Waals surface area contributed by atoms with E-state index in [1.54, 1.807) is 42.0 Å². The molecule has 3 aromatic rings. The minimum Gasteiger partial charge on any atom is -0.357 e. The van der Waals surface area contributed by atoms with Gasteiger partial charge >= 0.3 is 0 Å². The SMILES string of the molecule is CCNC(=NCc1ccc(-n2ccnc2C)c(F)c1)NCc1ccc(C(=O)N(C)C)cc1.I. The number of amides is 1. The van der Waals surface area contributed by atoms with Crippen LogP contribution in [0.4, 0.5) is 4.39 Å². The quantitative estimate of drug-likeness (QED) is 0.260. The van der Waals surface area contributed by atoms with Crippen LogP contribution in [-0.4, -0.2) is 47.0 Å². The van der Waals surface area contributed by atoms with E-state index < -0.39 is 0 Å². The van der Waals surface area contributed by atoms with Crippen molar-refractivity contribution in [3.8, 4) is 5.69 Å². The lowest BCUT2D eigenvalue weighted by molar-refractivity contribution is 0.0827. The second-order valence-electron chi connectivity index (χ2n) is 7.58. The molecule has 0 aliphatic rings. The highest BCUT2D eigenvalue weighted by atomic mass is 127. The van der Waals surface area contributed by atoms with Gasteiger partial charge in [0.05, 0.1) is 12.2 Å². The Bertz CT molecular complexity index is 1090. The lowest BCUT2D eigenvalue weighted by Crippen LogP contribution is -2.36. The van der Waals surface area contributed by atoms with E-state index >= 15 is 0 Å². The zero-order valence-electron chi connectivity index (χ0n) is 19.3. The van der Waals surface area contributed by atoms with Crippen molar-refractivity contribution < 1.29 is 9.18 Å². The van der Waals surface area contributed by atoms with Crippen LogP contribution in [0, 0.1) is 12.7 Å². The highest BCUT2D eigenvalue weighted by Crippen LogP contribution is 2.17. The molecule has 7 nitrogen and oxygen atoms in total. The maximum Gasteiger partial charge on any atom is 0.253 e. The lowest BCUT2D eigenvalue weighted by Gasteiger charge is -2.13. The van der Waals surface area contributed by atoms with Crippen LogP contribution in [-0.2, 0) is 13.1 Å². The van der Waals surface area contributed by atoms with E-state index in [0.717, 1.165) is 17.0 Å². The van der Waals surface area contributed by atoms with Crippen molar-refractivity contribution in [1.82, 2.24) is 25.1 Å². The summed E-state index contributed by atoms with van der Waals surface area (Å²) in [5.41, 5.74) is 2.91. The molecule has 176 valence electrons. The number of benzene rings is 2. The minimum atomic E-state index is -0.316. The number of nitrogens with zero attached hydrogens (tertiary/aromatic N) is 4. The van der Waals surface area contributed by atoms with Gasteiger partial charge in [-0.1, -0.05) is 18.2 Å². The van der Waals surface area contributed by atoms with Gasteiger partial charge in [-0.15, -0.1) is 24.0 Å². The third kappa shape index (κ3) is 7.01. The van der Waals surface area contributed by atoms with Crippen LogP contribution < -0.4 is 10.6 Å². The van der Waals surface area contributed by atoms with Gasteiger partial charge in [0.2, 0.25) is 0 Å². The predicted octanol–water partition coefficient (Wildman–Crippen LogP) is 3.89. The number of imidazole rings is 1. The number of aryl methyl sites for hydroxylation is 1. The van der Waals surface area contributed by atoms with E-state index in [-0.39, 0.29) is 35.7 Å². The Morgan fingerprint density at radius 1 is 1.12 bits per heavy atom. The zero-order chi connectivity index (χ0) is 23.1. The molecule has 0 fully saturated rings. The maximum atomic E-state index is 14.6. The number of hydrogen-bond acceptors (Lipinski definition) is 3. The molecule has 2 aromatic carbocycles. The van der Waals surface area contributed by atoms with Crippen molar-refractivity contribution in [3.05, 3.63) is 83.2 Å². The largest absolute Gasteiger partial charge is 0.357 e. The number of aromatic nitrogens is 2. The Morgan fingerprint density at radius 2 is 1.82 bits per heavy atom. The number of halogens is 2. The van der Waals surface area contributed by atoms with Crippen LogP contribution in [0.1, 0.15) is 34.2 Å². The first kappa shape index (κ1) is 26.3. The first-order valence-corrected chi connectivity index (χ1v) is 10.5. The van der Waals surface area contributed by atoms with Crippen LogP contribution >= 0.6 is 24.0 Å². The van der Waals surface area contributed by atoms with Gasteiger partial charge in [-0.25, -0.2) is 14.4 Å². The van der Waals surface area contributed by atoms with E-state index in [9.17, 15) is 9.18 Å². The third-order valence-electron chi connectivity index (χ3n) is 4.93. The number of carbonyl (C=O) groups is 1. The number of rotatable bonds is 7. The summed E-state index contributed by atoms with van der Waals surface area (Å²) in [4.78, 5) is 22.3. The Kier molecular flexibility index (Phi) is 9.83. The molecule has 0 unspecified atom stereocenters. The van der Waals surface area contributed by atoms with Gasteiger partial charge in [0, 0.05) is 45.1 Å². The molecule has 33 heavy (non-hydrogen) atoms. The van der Waals surface area contributed by atoms with Crippen molar-refractivity contribution in [2.24, 2.45) is 4.99 Å². The Morgan fingerprint density at radius 3 is 2.39 bits per heavy atom. The maximum absolute atomic E-state index is 14.6. The van der Waals surface area contributed by atoms with Crippen LogP contribution in [0.5, 0.6) is 0 Å². The molecule has 1 aromatic heterocycles. The van der Waals surface area contributed by atoms with Gasteiger partial charge in [0.25, 0.3) is 5.91 Å². The Hall–Kier alpha value is -2.95. The van der Waals surface area contributed by atoms with Crippen molar-refractivity contribution in [2.75, 3.05) is 20.6 Å². The second kappa shape index (κ2) is 12.3.